The van der Waals surface area contributed by atoms with Crippen LogP contribution >= 0.6 is 11.8 Å². The summed E-state index contributed by atoms with van der Waals surface area (Å²) in [7, 11) is 1.60. The highest BCUT2D eigenvalue weighted by Crippen LogP contribution is 2.15. The van der Waals surface area contributed by atoms with Gasteiger partial charge in [-0.25, -0.2) is 0 Å². The third-order valence-corrected chi connectivity index (χ3v) is 6.17. The Kier molecular flexibility index (Phi) is 9.14. The molecule has 3 rings (SSSR count). The van der Waals surface area contributed by atoms with Crippen molar-refractivity contribution >= 4 is 29.5 Å². The van der Waals surface area contributed by atoms with Crippen molar-refractivity contribution in [2.75, 3.05) is 12.9 Å². The van der Waals surface area contributed by atoms with Gasteiger partial charge in [0, 0.05) is 32.0 Å². The van der Waals surface area contributed by atoms with Crippen LogP contribution in [-0.2, 0) is 27.5 Å². The average molecular weight is 471 g/mol. The molecule has 0 saturated carbocycles. The molecule has 0 aliphatic carbocycles. The Hall–Kier alpha value is -3.04. The normalized spacial score (nSPS) is 17.7. The fourth-order valence-electron chi connectivity index (χ4n) is 3.36. The Balaban J connectivity index is 1.39. The number of carbonyl (C=O) groups excluding carboxylic acids is 3. The standard InChI is InChI=1S/C24H30N4O4S/c1-16-6-8-17(9-7-16)13-26-23(31)15-33-24-27-19(12-22(30)28-24)11-21(29)25-14-18-4-3-5-20(10-18)32-2/h3-10,19,24,27H,11-15H2,1-2H3,(H,25,29)(H,26,31)(H,28,30). The van der Waals surface area contributed by atoms with Crippen molar-refractivity contribution in [3.05, 3.63) is 65.2 Å². The van der Waals surface area contributed by atoms with E-state index >= 15 is 0 Å². The number of thioether (sulfide) groups is 1. The van der Waals surface area contributed by atoms with Gasteiger partial charge < -0.3 is 20.7 Å². The van der Waals surface area contributed by atoms with Gasteiger partial charge in [-0.15, -0.1) is 11.8 Å². The molecule has 2 atom stereocenters. The van der Waals surface area contributed by atoms with Crippen LogP contribution in [0, 0.1) is 6.92 Å². The molecule has 0 bridgehead atoms. The molecule has 9 heteroatoms. The van der Waals surface area contributed by atoms with Crippen molar-refractivity contribution in [1.29, 1.82) is 0 Å². The molecule has 0 aromatic heterocycles. The molecule has 2 unspecified atom stereocenters. The van der Waals surface area contributed by atoms with Crippen LogP contribution in [0.4, 0.5) is 0 Å². The number of aryl methyl sites for hydroxylation is 1. The fourth-order valence-corrected chi connectivity index (χ4v) is 4.28. The quantitative estimate of drug-likeness (QED) is 0.422. The number of carbonyl (C=O) groups is 3. The lowest BCUT2D eigenvalue weighted by Crippen LogP contribution is -2.56. The van der Waals surface area contributed by atoms with Gasteiger partial charge in [0.2, 0.25) is 17.7 Å². The zero-order chi connectivity index (χ0) is 23.6. The zero-order valence-corrected chi connectivity index (χ0v) is 19.7. The summed E-state index contributed by atoms with van der Waals surface area (Å²) in [6.45, 7) is 2.86. The van der Waals surface area contributed by atoms with Gasteiger partial charge in [0.1, 0.15) is 11.2 Å². The van der Waals surface area contributed by atoms with E-state index in [1.807, 2.05) is 55.5 Å². The molecule has 1 aliphatic heterocycles. The van der Waals surface area contributed by atoms with Gasteiger partial charge in [-0.05, 0) is 30.2 Å². The number of nitrogens with one attached hydrogen (secondary N) is 4. The van der Waals surface area contributed by atoms with E-state index < -0.39 is 5.50 Å². The lowest BCUT2D eigenvalue weighted by atomic mass is 10.1. The van der Waals surface area contributed by atoms with E-state index in [4.69, 9.17) is 4.74 Å². The molecule has 1 aliphatic rings. The second-order valence-corrected chi connectivity index (χ2v) is 9.01. The summed E-state index contributed by atoms with van der Waals surface area (Å²) < 4.78 is 5.19. The van der Waals surface area contributed by atoms with Crippen molar-refractivity contribution < 1.29 is 19.1 Å². The lowest BCUT2D eigenvalue weighted by molar-refractivity contribution is -0.125. The number of rotatable bonds is 10. The van der Waals surface area contributed by atoms with E-state index in [0.717, 1.165) is 16.9 Å². The van der Waals surface area contributed by atoms with Crippen molar-refractivity contribution in [2.24, 2.45) is 0 Å². The summed E-state index contributed by atoms with van der Waals surface area (Å²) in [5.74, 6) is 0.518. The van der Waals surface area contributed by atoms with Crippen molar-refractivity contribution in [2.45, 2.75) is 44.4 Å². The summed E-state index contributed by atoms with van der Waals surface area (Å²) in [6, 6.07) is 15.2. The maximum absolute atomic E-state index is 12.4. The third kappa shape index (κ3) is 8.43. The predicted octanol–water partition coefficient (Wildman–Crippen LogP) is 1.82. The van der Waals surface area contributed by atoms with Crippen LogP contribution in [-0.4, -0.2) is 42.1 Å². The summed E-state index contributed by atoms with van der Waals surface area (Å²) in [5.41, 5.74) is 2.71. The van der Waals surface area contributed by atoms with Gasteiger partial charge in [0.05, 0.1) is 12.9 Å². The van der Waals surface area contributed by atoms with Crippen LogP contribution < -0.4 is 26.0 Å². The molecule has 33 heavy (non-hydrogen) atoms. The van der Waals surface area contributed by atoms with Crippen LogP contribution in [0.3, 0.4) is 0 Å². The van der Waals surface area contributed by atoms with E-state index in [2.05, 4.69) is 21.3 Å². The number of amides is 3. The van der Waals surface area contributed by atoms with E-state index in [-0.39, 0.29) is 42.4 Å². The predicted molar refractivity (Wildman–Crippen MR) is 128 cm³/mol. The van der Waals surface area contributed by atoms with Gasteiger partial charge in [-0.2, -0.15) is 0 Å². The van der Waals surface area contributed by atoms with Crippen LogP contribution in [0.2, 0.25) is 0 Å². The highest BCUT2D eigenvalue weighted by atomic mass is 32.2. The number of ether oxygens (including phenoxy) is 1. The lowest BCUT2D eigenvalue weighted by Gasteiger charge is -2.30. The molecule has 2 aromatic carbocycles. The Morgan fingerprint density at radius 3 is 2.55 bits per heavy atom. The number of hydrogen-bond donors (Lipinski definition) is 4. The SMILES string of the molecule is COc1cccc(CNC(=O)CC2CC(=O)NC(SCC(=O)NCc3ccc(C)cc3)N2)c1. The molecule has 3 amide bonds. The third-order valence-electron chi connectivity index (χ3n) is 5.16. The minimum atomic E-state index is -0.424. The number of benzene rings is 2. The molecule has 8 nitrogen and oxygen atoms in total. The molecule has 176 valence electrons. The van der Waals surface area contributed by atoms with Gasteiger partial charge in [0.15, 0.2) is 0 Å². The molecule has 1 fully saturated rings. The largest absolute Gasteiger partial charge is 0.497 e. The highest BCUT2D eigenvalue weighted by molar-refractivity contribution is 8.00. The van der Waals surface area contributed by atoms with Crippen LogP contribution in [0.1, 0.15) is 29.5 Å². The first-order valence-electron chi connectivity index (χ1n) is 10.8. The molecule has 1 heterocycles. The van der Waals surface area contributed by atoms with Gasteiger partial charge >= 0.3 is 0 Å². The van der Waals surface area contributed by atoms with Gasteiger partial charge in [-0.1, -0.05) is 42.0 Å². The maximum atomic E-state index is 12.4. The molecule has 4 N–H and O–H groups in total. The fraction of sp³-hybridized carbons (Fsp3) is 0.375. The smallest absolute Gasteiger partial charge is 0.230 e. The topological polar surface area (TPSA) is 109 Å². The van der Waals surface area contributed by atoms with Gasteiger partial charge in [-0.3, -0.25) is 19.7 Å². The van der Waals surface area contributed by atoms with Crippen LogP contribution in [0.25, 0.3) is 0 Å². The summed E-state index contributed by atoms with van der Waals surface area (Å²) >= 11 is 1.29. The second-order valence-electron chi connectivity index (χ2n) is 7.92. The molecular formula is C24H30N4O4S. The Bertz CT molecular complexity index is 967. The molecular weight excluding hydrogens is 440 g/mol. The van der Waals surface area contributed by atoms with E-state index in [1.54, 1.807) is 7.11 Å². The zero-order valence-electron chi connectivity index (χ0n) is 18.9. The monoisotopic (exact) mass is 470 g/mol. The highest BCUT2D eigenvalue weighted by Gasteiger charge is 2.28. The Labute approximate surface area is 198 Å². The minimum Gasteiger partial charge on any atom is -0.497 e. The Morgan fingerprint density at radius 2 is 1.79 bits per heavy atom. The van der Waals surface area contributed by atoms with Crippen molar-refractivity contribution in [3.63, 3.8) is 0 Å². The Morgan fingerprint density at radius 1 is 1.06 bits per heavy atom. The minimum absolute atomic E-state index is 0.116. The first-order chi connectivity index (χ1) is 15.9. The van der Waals surface area contributed by atoms with Gasteiger partial charge in [0.25, 0.3) is 0 Å². The van der Waals surface area contributed by atoms with Crippen LogP contribution in [0.15, 0.2) is 48.5 Å². The summed E-state index contributed by atoms with van der Waals surface area (Å²) in [4.78, 5) is 36.6. The van der Waals surface area contributed by atoms with E-state index in [1.165, 1.54) is 17.3 Å². The maximum Gasteiger partial charge on any atom is 0.230 e. The number of methoxy groups -OCH3 is 1. The second kappa shape index (κ2) is 12.3. The molecule has 2 aromatic rings. The van der Waals surface area contributed by atoms with E-state index in [9.17, 15) is 14.4 Å². The average Bonchev–Trinajstić information content (AvgIpc) is 2.81. The van der Waals surface area contributed by atoms with Crippen molar-refractivity contribution in [1.82, 2.24) is 21.3 Å². The van der Waals surface area contributed by atoms with Crippen molar-refractivity contribution in [3.8, 4) is 5.75 Å². The summed E-state index contributed by atoms with van der Waals surface area (Å²) in [5, 5.41) is 11.8. The number of hydrogen-bond acceptors (Lipinski definition) is 6. The first kappa shape index (κ1) is 24.6. The molecule has 0 spiro atoms. The van der Waals surface area contributed by atoms with Crippen LogP contribution in [0.5, 0.6) is 5.75 Å². The molecule has 1 saturated heterocycles. The molecule has 0 radical (unpaired) electrons. The van der Waals surface area contributed by atoms with E-state index in [0.29, 0.717) is 13.1 Å². The first-order valence-corrected chi connectivity index (χ1v) is 11.8. The summed E-state index contributed by atoms with van der Waals surface area (Å²) in [6.07, 6.45) is 0.386.